The van der Waals surface area contributed by atoms with E-state index in [4.69, 9.17) is 0 Å². The summed E-state index contributed by atoms with van der Waals surface area (Å²) in [5.74, 6) is 0. The first-order chi connectivity index (χ1) is 8.77. The van der Waals surface area contributed by atoms with Crippen LogP contribution in [0.4, 0.5) is 5.69 Å². The van der Waals surface area contributed by atoms with Gasteiger partial charge in [0, 0.05) is 24.3 Å². The van der Waals surface area contributed by atoms with Gasteiger partial charge in [0.15, 0.2) is 0 Å². The molecule has 0 aliphatic rings. The topological polar surface area (TPSA) is 3.24 Å². The van der Waals surface area contributed by atoms with E-state index < -0.39 is 0 Å². The van der Waals surface area contributed by atoms with Gasteiger partial charge in [0.25, 0.3) is 0 Å². The maximum Gasteiger partial charge on any atom is 0.0445 e. The molecule has 0 heterocycles. The third-order valence-electron chi connectivity index (χ3n) is 3.32. The molecule has 18 heavy (non-hydrogen) atoms. The van der Waals surface area contributed by atoms with Crippen molar-refractivity contribution in [3.05, 3.63) is 61.0 Å². The quantitative estimate of drug-likeness (QED) is 0.764. The van der Waals surface area contributed by atoms with Crippen molar-refractivity contribution in [3.63, 3.8) is 0 Å². The predicted octanol–water partition coefficient (Wildman–Crippen LogP) is 4.38. The molecule has 0 aliphatic heterocycles. The predicted molar refractivity (Wildman–Crippen MR) is 79.9 cm³/mol. The van der Waals surface area contributed by atoms with E-state index in [-0.39, 0.29) is 0 Å². The Kier molecular flexibility index (Phi) is 4.03. The number of anilines is 1. The summed E-state index contributed by atoms with van der Waals surface area (Å²) in [6, 6.07) is 16.9. The first-order valence-corrected chi connectivity index (χ1v) is 6.53. The highest BCUT2D eigenvalue weighted by atomic mass is 15.1. The van der Waals surface area contributed by atoms with Gasteiger partial charge in [0.1, 0.15) is 0 Å². The zero-order chi connectivity index (χ0) is 13.0. The fourth-order valence-corrected chi connectivity index (χ4v) is 2.32. The van der Waals surface area contributed by atoms with E-state index in [1.54, 1.807) is 0 Å². The van der Waals surface area contributed by atoms with Crippen LogP contribution in [-0.4, -0.2) is 13.1 Å². The van der Waals surface area contributed by atoms with Crippen molar-refractivity contribution >= 4 is 5.69 Å². The number of para-hydroxylation sites is 1. The largest absolute Gasteiger partial charge is 0.372 e. The van der Waals surface area contributed by atoms with Crippen LogP contribution in [0.5, 0.6) is 0 Å². The molecule has 1 nitrogen and oxygen atoms in total. The van der Waals surface area contributed by atoms with Gasteiger partial charge >= 0.3 is 0 Å². The molecule has 0 aliphatic carbocycles. The Labute approximate surface area is 110 Å². The molecule has 1 heteroatoms. The minimum atomic E-state index is 1.02. The Bertz CT molecular complexity index is 513. The number of nitrogens with zero attached hydrogens (tertiary/aromatic N) is 1. The van der Waals surface area contributed by atoms with Crippen molar-refractivity contribution in [1.82, 2.24) is 0 Å². The van der Waals surface area contributed by atoms with E-state index in [0.717, 1.165) is 18.7 Å². The molecular formula is C17H20N. The Morgan fingerprint density at radius 3 is 2.00 bits per heavy atom. The van der Waals surface area contributed by atoms with Crippen molar-refractivity contribution < 1.29 is 0 Å². The second kappa shape index (κ2) is 5.72. The number of hydrogen-bond acceptors (Lipinski definition) is 1. The molecule has 0 unspecified atom stereocenters. The summed E-state index contributed by atoms with van der Waals surface area (Å²) >= 11 is 0. The highest BCUT2D eigenvalue weighted by molar-refractivity contribution is 5.81. The molecular weight excluding hydrogens is 218 g/mol. The lowest BCUT2D eigenvalue weighted by molar-refractivity contribution is 0.867. The fraction of sp³-hybridized carbons (Fsp3) is 0.235. The van der Waals surface area contributed by atoms with Crippen LogP contribution in [0.2, 0.25) is 0 Å². The summed E-state index contributed by atoms with van der Waals surface area (Å²) in [5, 5.41) is 0. The average molecular weight is 238 g/mol. The molecule has 2 rings (SSSR count). The standard InChI is InChI=1S/C17H20N/c1-4-18(5-2)17-13-9-8-12-16(17)15-11-7-6-10-14(15)3/h6-13H,3-5H2,1-2H3. The molecule has 0 saturated carbocycles. The first kappa shape index (κ1) is 12.7. The monoisotopic (exact) mass is 238 g/mol. The SMILES string of the molecule is [CH2]c1ccccc1-c1ccccc1N(CC)CC. The maximum absolute atomic E-state index is 4.13. The summed E-state index contributed by atoms with van der Waals surface area (Å²) in [6.45, 7) is 10.6. The van der Waals surface area contributed by atoms with Crippen LogP contribution in [0.3, 0.4) is 0 Å². The van der Waals surface area contributed by atoms with Gasteiger partial charge in [-0.05, 0) is 38.0 Å². The summed E-state index contributed by atoms with van der Waals surface area (Å²) in [5.41, 5.74) is 4.86. The lowest BCUT2D eigenvalue weighted by Crippen LogP contribution is -2.22. The summed E-state index contributed by atoms with van der Waals surface area (Å²) in [4.78, 5) is 2.38. The van der Waals surface area contributed by atoms with Gasteiger partial charge in [-0.25, -0.2) is 0 Å². The van der Waals surface area contributed by atoms with E-state index >= 15 is 0 Å². The van der Waals surface area contributed by atoms with Crippen LogP contribution < -0.4 is 4.90 Å². The molecule has 1 radical (unpaired) electrons. The zero-order valence-corrected chi connectivity index (χ0v) is 11.2. The minimum absolute atomic E-state index is 1.02. The zero-order valence-electron chi connectivity index (χ0n) is 11.2. The van der Waals surface area contributed by atoms with E-state index in [1.165, 1.54) is 16.8 Å². The second-order valence-corrected chi connectivity index (χ2v) is 4.35. The molecule has 0 N–H and O–H groups in total. The van der Waals surface area contributed by atoms with Crippen LogP contribution in [-0.2, 0) is 0 Å². The third kappa shape index (κ3) is 2.40. The molecule has 2 aromatic carbocycles. The molecule has 0 atom stereocenters. The third-order valence-corrected chi connectivity index (χ3v) is 3.32. The van der Waals surface area contributed by atoms with Gasteiger partial charge in [-0.15, -0.1) is 0 Å². The van der Waals surface area contributed by atoms with Crippen molar-refractivity contribution in [2.24, 2.45) is 0 Å². The van der Waals surface area contributed by atoms with E-state index in [1.807, 2.05) is 6.07 Å². The van der Waals surface area contributed by atoms with Crippen molar-refractivity contribution in [2.45, 2.75) is 13.8 Å². The van der Waals surface area contributed by atoms with Crippen LogP contribution in [0.15, 0.2) is 48.5 Å². The highest BCUT2D eigenvalue weighted by Crippen LogP contribution is 2.32. The number of rotatable bonds is 4. The van der Waals surface area contributed by atoms with E-state index in [9.17, 15) is 0 Å². The van der Waals surface area contributed by atoms with E-state index in [0.29, 0.717) is 0 Å². The Morgan fingerprint density at radius 1 is 0.833 bits per heavy atom. The number of benzene rings is 2. The number of hydrogen-bond donors (Lipinski definition) is 0. The molecule has 0 bridgehead atoms. The Morgan fingerprint density at radius 2 is 1.39 bits per heavy atom. The van der Waals surface area contributed by atoms with Crippen molar-refractivity contribution in [2.75, 3.05) is 18.0 Å². The van der Waals surface area contributed by atoms with Gasteiger partial charge in [-0.3, -0.25) is 0 Å². The molecule has 0 fully saturated rings. The normalized spacial score (nSPS) is 10.4. The summed E-state index contributed by atoms with van der Waals surface area (Å²) in [7, 11) is 0. The van der Waals surface area contributed by atoms with Crippen LogP contribution in [0.25, 0.3) is 11.1 Å². The maximum atomic E-state index is 4.13. The smallest absolute Gasteiger partial charge is 0.0445 e. The Hall–Kier alpha value is -1.76. The minimum Gasteiger partial charge on any atom is -0.372 e. The molecule has 0 amide bonds. The lowest BCUT2D eigenvalue weighted by Gasteiger charge is -2.24. The average Bonchev–Trinajstić information content (AvgIpc) is 2.41. The fourth-order valence-electron chi connectivity index (χ4n) is 2.32. The van der Waals surface area contributed by atoms with Crippen molar-refractivity contribution in [1.29, 1.82) is 0 Å². The van der Waals surface area contributed by atoms with Crippen molar-refractivity contribution in [3.8, 4) is 11.1 Å². The van der Waals surface area contributed by atoms with Crippen LogP contribution >= 0.6 is 0 Å². The molecule has 0 aromatic heterocycles. The highest BCUT2D eigenvalue weighted by Gasteiger charge is 2.10. The first-order valence-electron chi connectivity index (χ1n) is 6.53. The van der Waals surface area contributed by atoms with Crippen LogP contribution in [0.1, 0.15) is 19.4 Å². The van der Waals surface area contributed by atoms with Gasteiger partial charge in [-0.2, -0.15) is 0 Å². The summed E-state index contributed by atoms with van der Waals surface area (Å²) in [6.07, 6.45) is 0. The second-order valence-electron chi connectivity index (χ2n) is 4.35. The Balaban J connectivity index is 2.55. The van der Waals surface area contributed by atoms with Gasteiger partial charge in [0.2, 0.25) is 0 Å². The van der Waals surface area contributed by atoms with Gasteiger partial charge in [0.05, 0.1) is 0 Å². The van der Waals surface area contributed by atoms with E-state index in [2.05, 4.69) is 68.1 Å². The van der Waals surface area contributed by atoms with Gasteiger partial charge in [-0.1, -0.05) is 42.5 Å². The summed E-state index contributed by atoms with van der Waals surface area (Å²) < 4.78 is 0. The van der Waals surface area contributed by atoms with Crippen LogP contribution in [0, 0.1) is 6.92 Å². The molecule has 0 spiro atoms. The molecule has 93 valence electrons. The van der Waals surface area contributed by atoms with Gasteiger partial charge < -0.3 is 4.90 Å². The molecule has 2 aromatic rings. The molecule has 0 saturated heterocycles. The lowest BCUT2D eigenvalue weighted by atomic mass is 9.98.